The lowest BCUT2D eigenvalue weighted by Crippen LogP contribution is -2.29. The number of hydrogen-bond donors (Lipinski definition) is 1. The van der Waals surface area contributed by atoms with E-state index >= 15 is 0 Å². The largest absolute Gasteiger partial charge is 0.507 e. The van der Waals surface area contributed by atoms with Crippen LogP contribution in [0.25, 0.3) is 5.76 Å². The van der Waals surface area contributed by atoms with E-state index in [1.165, 1.54) is 35.9 Å². The Morgan fingerprint density at radius 3 is 2.57 bits per heavy atom. The molecule has 1 fully saturated rings. The molecule has 1 saturated heterocycles. The molecule has 13 heteroatoms. The summed E-state index contributed by atoms with van der Waals surface area (Å²) < 4.78 is 11.1. The van der Waals surface area contributed by atoms with Gasteiger partial charge in [-0.3, -0.25) is 14.5 Å². The van der Waals surface area contributed by atoms with Gasteiger partial charge in [0.05, 0.1) is 24.3 Å². The third-order valence-electron chi connectivity index (χ3n) is 7.23. The summed E-state index contributed by atoms with van der Waals surface area (Å²) in [6, 6.07) is 15.6. The Hall–Kier alpha value is -3.90. The van der Waals surface area contributed by atoms with E-state index in [4.69, 9.17) is 32.7 Å². The van der Waals surface area contributed by atoms with Crippen LogP contribution in [0.15, 0.2) is 70.6 Å². The number of nitrogens with zero attached hydrogens (tertiary/aromatic N) is 3. The van der Waals surface area contributed by atoms with Crippen molar-refractivity contribution in [3.05, 3.63) is 104 Å². The van der Waals surface area contributed by atoms with Gasteiger partial charge in [-0.05, 0) is 66.1 Å². The first kappa shape index (κ1) is 30.1. The number of ketones is 1. The number of amides is 1. The molecule has 6 rings (SSSR count). The van der Waals surface area contributed by atoms with Crippen LogP contribution in [0, 0.1) is 0 Å². The highest BCUT2D eigenvalue weighted by Crippen LogP contribution is 2.45. The van der Waals surface area contributed by atoms with Gasteiger partial charge in [0, 0.05) is 27.8 Å². The van der Waals surface area contributed by atoms with Gasteiger partial charge in [0.2, 0.25) is 5.13 Å². The van der Waals surface area contributed by atoms with Crippen LogP contribution < -0.4 is 9.64 Å². The maximum atomic E-state index is 13.6. The molecule has 4 aromatic rings. The molecule has 0 bridgehead atoms. The number of carbonyl (C=O) groups excluding carboxylic acids is 3. The Kier molecular flexibility index (Phi) is 8.38. The second-order valence-corrected chi connectivity index (χ2v) is 13.1. The molecule has 0 unspecified atom stereocenters. The molecule has 3 heterocycles. The van der Waals surface area contributed by atoms with Gasteiger partial charge in [0.25, 0.3) is 5.78 Å². The van der Waals surface area contributed by atoms with Gasteiger partial charge >= 0.3 is 11.9 Å². The number of aliphatic hydroxyl groups is 1. The molecular formula is C31H23Cl2N3O6S2. The van der Waals surface area contributed by atoms with Crippen molar-refractivity contribution in [3.8, 4) is 5.75 Å². The predicted molar refractivity (Wildman–Crippen MR) is 169 cm³/mol. The minimum absolute atomic E-state index is 0.0125. The molecule has 44 heavy (non-hydrogen) atoms. The number of anilines is 1. The number of rotatable bonds is 7. The molecule has 0 aliphatic carbocycles. The van der Waals surface area contributed by atoms with Crippen LogP contribution in [0.3, 0.4) is 0 Å². The van der Waals surface area contributed by atoms with E-state index in [0.717, 1.165) is 22.5 Å². The Labute approximate surface area is 270 Å². The van der Waals surface area contributed by atoms with Crippen LogP contribution in [0.4, 0.5) is 5.13 Å². The molecule has 0 saturated carbocycles. The van der Waals surface area contributed by atoms with Gasteiger partial charge in [0.15, 0.2) is 4.34 Å². The SMILES string of the molecule is COC(=O)c1ccc([C@@H]2C(=C(O)c3ccc4c(c3)C[C@@H](C)O4)C(=O)C(=O)N2c2nnc(SCc3ccc(Cl)cc3Cl)s2)cc1. The van der Waals surface area contributed by atoms with Gasteiger partial charge in [-0.15, -0.1) is 10.2 Å². The second kappa shape index (κ2) is 12.2. The maximum Gasteiger partial charge on any atom is 0.337 e. The minimum atomic E-state index is -1.04. The van der Waals surface area contributed by atoms with E-state index < -0.39 is 23.7 Å². The zero-order valence-corrected chi connectivity index (χ0v) is 26.4. The number of carbonyl (C=O) groups is 3. The van der Waals surface area contributed by atoms with E-state index in [1.807, 2.05) is 13.0 Å². The second-order valence-electron chi connectivity index (χ2n) is 10.1. The molecule has 1 N–H and O–H groups in total. The molecule has 2 aliphatic rings. The van der Waals surface area contributed by atoms with Gasteiger partial charge < -0.3 is 14.6 Å². The lowest BCUT2D eigenvalue weighted by Gasteiger charge is -2.22. The number of hydrogen-bond acceptors (Lipinski definition) is 10. The average molecular weight is 669 g/mol. The standard InChI is InChI=1S/C31H23Cl2N3O6S2/c1-15-11-20-12-18(8-10-23(20)42-15)26(37)24-25(16-3-5-17(6-4-16)29(40)41-2)36(28(39)27(24)38)30-34-35-31(44-30)43-14-19-7-9-21(32)13-22(19)33/h3-10,12-13,15,25,37H,11,14H2,1-2H3/t15-,25-/m1/s1. The molecule has 2 aliphatic heterocycles. The van der Waals surface area contributed by atoms with E-state index in [0.29, 0.717) is 43.4 Å². The maximum absolute atomic E-state index is 13.6. The summed E-state index contributed by atoms with van der Waals surface area (Å²) in [4.78, 5) is 40.5. The summed E-state index contributed by atoms with van der Waals surface area (Å²) in [5.41, 5.74) is 2.78. The average Bonchev–Trinajstić information content (AvgIpc) is 3.70. The monoisotopic (exact) mass is 667 g/mol. The molecule has 9 nitrogen and oxygen atoms in total. The zero-order valence-electron chi connectivity index (χ0n) is 23.2. The fourth-order valence-electron chi connectivity index (χ4n) is 5.13. The first-order valence-electron chi connectivity index (χ1n) is 13.3. The van der Waals surface area contributed by atoms with E-state index in [2.05, 4.69) is 10.2 Å². The Morgan fingerprint density at radius 1 is 1.09 bits per heavy atom. The summed E-state index contributed by atoms with van der Waals surface area (Å²) >= 11 is 14.8. The summed E-state index contributed by atoms with van der Waals surface area (Å²) in [6.45, 7) is 1.95. The third-order valence-corrected chi connectivity index (χ3v) is 9.92. The van der Waals surface area contributed by atoms with Gasteiger partial charge in [0.1, 0.15) is 17.6 Å². The fourth-order valence-corrected chi connectivity index (χ4v) is 7.55. The molecule has 2 atom stereocenters. The number of aromatic nitrogens is 2. The van der Waals surface area contributed by atoms with E-state index in [9.17, 15) is 19.5 Å². The minimum Gasteiger partial charge on any atom is -0.507 e. The Morgan fingerprint density at radius 2 is 1.84 bits per heavy atom. The van der Waals surface area contributed by atoms with Gasteiger partial charge in [-0.1, -0.05) is 64.5 Å². The normalized spacial score (nSPS) is 18.8. The summed E-state index contributed by atoms with van der Waals surface area (Å²) in [7, 11) is 1.28. The Bertz CT molecular complexity index is 1840. The van der Waals surface area contributed by atoms with Crippen LogP contribution in [-0.2, 0) is 26.5 Å². The first-order chi connectivity index (χ1) is 21.1. The number of ether oxygens (including phenoxy) is 2. The molecule has 1 amide bonds. The zero-order chi connectivity index (χ0) is 31.1. The molecule has 0 radical (unpaired) electrons. The fraction of sp³-hybridized carbons (Fsp3) is 0.194. The van der Waals surface area contributed by atoms with Crippen molar-refractivity contribution in [2.24, 2.45) is 0 Å². The summed E-state index contributed by atoms with van der Waals surface area (Å²) in [5.74, 6) is -1.41. The molecule has 1 aromatic heterocycles. The number of methoxy groups -OCH3 is 1. The van der Waals surface area contributed by atoms with Crippen molar-refractivity contribution in [3.63, 3.8) is 0 Å². The van der Waals surface area contributed by atoms with Crippen molar-refractivity contribution >= 4 is 74.9 Å². The quantitative estimate of drug-likeness (QED) is 0.0562. The van der Waals surface area contributed by atoms with Crippen LogP contribution in [0.5, 0.6) is 5.75 Å². The topological polar surface area (TPSA) is 119 Å². The van der Waals surface area contributed by atoms with Crippen LogP contribution >= 0.6 is 46.3 Å². The summed E-state index contributed by atoms with van der Waals surface area (Å²) in [6.07, 6.45) is 0.636. The van der Waals surface area contributed by atoms with Crippen molar-refractivity contribution in [1.82, 2.24) is 10.2 Å². The number of halogens is 2. The lowest BCUT2D eigenvalue weighted by atomic mass is 9.94. The number of thioether (sulfide) groups is 1. The Balaban J connectivity index is 1.39. The summed E-state index contributed by atoms with van der Waals surface area (Å²) in [5, 5.41) is 21.2. The van der Waals surface area contributed by atoms with Crippen LogP contribution in [0.1, 0.15) is 45.6 Å². The third kappa shape index (κ3) is 5.68. The highest BCUT2D eigenvalue weighted by atomic mass is 35.5. The number of esters is 1. The molecule has 3 aromatic carbocycles. The lowest BCUT2D eigenvalue weighted by molar-refractivity contribution is -0.132. The van der Waals surface area contributed by atoms with Crippen molar-refractivity contribution in [1.29, 1.82) is 0 Å². The predicted octanol–water partition coefficient (Wildman–Crippen LogP) is 6.87. The number of aliphatic hydroxyl groups excluding tert-OH is 1. The number of benzene rings is 3. The number of Topliss-reactive ketones (excluding diaryl/α,β-unsaturated/α-hetero) is 1. The van der Waals surface area contributed by atoms with Crippen LogP contribution in [0.2, 0.25) is 10.0 Å². The number of fused-ring (bicyclic) bond motifs is 1. The van der Waals surface area contributed by atoms with Gasteiger partial charge in [-0.25, -0.2) is 4.79 Å². The molecule has 0 spiro atoms. The first-order valence-corrected chi connectivity index (χ1v) is 15.9. The van der Waals surface area contributed by atoms with Crippen LogP contribution in [-0.4, -0.2) is 46.2 Å². The van der Waals surface area contributed by atoms with E-state index in [1.54, 1.807) is 42.5 Å². The highest BCUT2D eigenvalue weighted by molar-refractivity contribution is 8.00. The van der Waals surface area contributed by atoms with Crippen molar-refractivity contribution < 1.29 is 29.0 Å². The van der Waals surface area contributed by atoms with Crippen molar-refractivity contribution in [2.75, 3.05) is 12.0 Å². The van der Waals surface area contributed by atoms with Crippen molar-refractivity contribution in [2.45, 2.75) is 35.6 Å². The van der Waals surface area contributed by atoms with E-state index in [-0.39, 0.29) is 28.1 Å². The smallest absolute Gasteiger partial charge is 0.337 e. The highest BCUT2D eigenvalue weighted by Gasteiger charge is 2.48. The molecule has 224 valence electrons. The van der Waals surface area contributed by atoms with Gasteiger partial charge in [-0.2, -0.15) is 0 Å². The molecular weight excluding hydrogens is 645 g/mol.